The first-order chi connectivity index (χ1) is 14.1. The maximum absolute atomic E-state index is 12.8. The van der Waals surface area contributed by atoms with Gasteiger partial charge in [-0.05, 0) is 49.6 Å². The van der Waals surface area contributed by atoms with Gasteiger partial charge in [0.15, 0.2) is 0 Å². The lowest BCUT2D eigenvalue weighted by molar-refractivity contribution is -0.136. The second kappa shape index (κ2) is 8.81. The highest BCUT2D eigenvalue weighted by Crippen LogP contribution is 2.21. The Bertz CT molecular complexity index is 1210. The summed E-state index contributed by atoms with van der Waals surface area (Å²) in [5.41, 5.74) is 0.679. The third-order valence-corrected chi connectivity index (χ3v) is 5.92. The van der Waals surface area contributed by atoms with Gasteiger partial charge in [-0.15, -0.1) is 0 Å². The van der Waals surface area contributed by atoms with Crippen molar-refractivity contribution >= 4 is 27.0 Å². The number of aryl methyl sites for hydroxylation is 1. The first-order valence-electron chi connectivity index (χ1n) is 9.48. The maximum atomic E-state index is 12.8. The number of fused-ring (bicyclic) bond motifs is 1. The Morgan fingerprint density at radius 3 is 2.40 bits per heavy atom. The van der Waals surface area contributed by atoms with Crippen LogP contribution in [0.1, 0.15) is 25.8 Å². The Morgan fingerprint density at radius 2 is 1.73 bits per heavy atom. The van der Waals surface area contributed by atoms with E-state index in [-0.39, 0.29) is 28.6 Å². The molecule has 0 aliphatic rings. The molecule has 0 fully saturated rings. The average Bonchev–Trinajstić information content (AvgIpc) is 2.67. The Labute approximate surface area is 174 Å². The van der Waals surface area contributed by atoms with Gasteiger partial charge in [-0.25, -0.2) is 18.0 Å². The lowest BCUT2D eigenvalue weighted by atomic mass is 10.0. The molecule has 8 heteroatoms. The molecule has 0 spiro atoms. The van der Waals surface area contributed by atoms with Crippen LogP contribution in [0.3, 0.4) is 0 Å². The summed E-state index contributed by atoms with van der Waals surface area (Å²) in [6.45, 7) is 5.62. The molecule has 1 aromatic heterocycles. The number of carbonyl (C=O) groups excluding carboxylic acids is 1. The van der Waals surface area contributed by atoms with Crippen molar-refractivity contribution in [3.63, 3.8) is 0 Å². The topological polar surface area (TPSA) is 103 Å². The summed E-state index contributed by atoms with van der Waals surface area (Å²) in [6, 6.07) is 12.8. The van der Waals surface area contributed by atoms with Crippen molar-refractivity contribution in [2.75, 3.05) is 0 Å². The Morgan fingerprint density at radius 1 is 1.07 bits per heavy atom. The Balaban J connectivity index is 1.83. The maximum Gasteiger partial charge on any atom is 0.336 e. The molecule has 2 aromatic carbocycles. The van der Waals surface area contributed by atoms with Gasteiger partial charge in [-0.1, -0.05) is 31.5 Å². The van der Waals surface area contributed by atoms with Crippen molar-refractivity contribution in [3.8, 4) is 5.75 Å². The molecule has 3 aromatic rings. The van der Waals surface area contributed by atoms with E-state index >= 15 is 0 Å². The molecule has 0 amide bonds. The minimum Gasteiger partial charge on any atom is -0.425 e. The molecular weight excluding hydrogens is 406 g/mol. The second-order valence-electron chi connectivity index (χ2n) is 7.49. The number of sulfonamides is 1. The van der Waals surface area contributed by atoms with E-state index < -0.39 is 27.7 Å². The van der Waals surface area contributed by atoms with Crippen molar-refractivity contribution < 1.29 is 22.4 Å². The molecule has 1 heterocycles. The number of benzene rings is 2. The fourth-order valence-electron chi connectivity index (χ4n) is 2.93. The van der Waals surface area contributed by atoms with Crippen LogP contribution in [0.5, 0.6) is 5.75 Å². The summed E-state index contributed by atoms with van der Waals surface area (Å²) in [5.74, 6) is -0.542. The van der Waals surface area contributed by atoms with Crippen LogP contribution >= 0.6 is 0 Å². The zero-order valence-corrected chi connectivity index (χ0v) is 17.7. The first-order valence-corrected chi connectivity index (χ1v) is 11.0. The number of carbonyl (C=O) groups is 1. The normalized spacial score (nSPS) is 12.8. The molecule has 1 N–H and O–H groups in total. The van der Waals surface area contributed by atoms with Crippen LogP contribution in [0.2, 0.25) is 0 Å². The molecule has 0 saturated heterocycles. The van der Waals surface area contributed by atoms with E-state index in [1.165, 1.54) is 24.3 Å². The predicted molar refractivity (Wildman–Crippen MR) is 113 cm³/mol. The highest BCUT2D eigenvalue weighted by Gasteiger charge is 2.28. The third kappa shape index (κ3) is 5.34. The van der Waals surface area contributed by atoms with Gasteiger partial charge in [0.25, 0.3) is 0 Å². The predicted octanol–water partition coefficient (Wildman–Crippen LogP) is 3.40. The smallest absolute Gasteiger partial charge is 0.336 e. The van der Waals surface area contributed by atoms with E-state index in [1.54, 1.807) is 30.3 Å². The summed E-state index contributed by atoms with van der Waals surface area (Å²) in [6.07, 6.45) is 0.257. The first kappa shape index (κ1) is 21.7. The molecule has 0 aliphatic heterocycles. The van der Waals surface area contributed by atoms with Crippen molar-refractivity contribution in [2.45, 2.75) is 38.1 Å². The van der Waals surface area contributed by atoms with E-state index in [0.717, 1.165) is 5.56 Å². The molecule has 0 unspecified atom stereocenters. The Kier molecular flexibility index (Phi) is 6.38. The van der Waals surface area contributed by atoms with Gasteiger partial charge in [0.05, 0.1) is 4.90 Å². The van der Waals surface area contributed by atoms with E-state index in [0.29, 0.717) is 5.39 Å². The van der Waals surface area contributed by atoms with Gasteiger partial charge in [0.1, 0.15) is 17.4 Å². The molecule has 30 heavy (non-hydrogen) atoms. The van der Waals surface area contributed by atoms with Crippen molar-refractivity contribution in [3.05, 3.63) is 70.6 Å². The molecule has 0 aliphatic carbocycles. The van der Waals surface area contributed by atoms with Gasteiger partial charge in [-0.3, -0.25) is 0 Å². The number of rotatable bonds is 7. The van der Waals surface area contributed by atoms with Gasteiger partial charge in [0.2, 0.25) is 10.0 Å². The highest BCUT2D eigenvalue weighted by molar-refractivity contribution is 7.89. The lowest BCUT2D eigenvalue weighted by Gasteiger charge is -2.19. The molecule has 0 bridgehead atoms. The summed E-state index contributed by atoms with van der Waals surface area (Å²) >= 11 is 0. The van der Waals surface area contributed by atoms with Crippen molar-refractivity contribution in [1.82, 2.24) is 4.72 Å². The highest BCUT2D eigenvalue weighted by atomic mass is 32.2. The second-order valence-corrected chi connectivity index (χ2v) is 9.21. The summed E-state index contributed by atoms with van der Waals surface area (Å²) in [5, 5.41) is 0.674. The summed E-state index contributed by atoms with van der Waals surface area (Å²) in [4.78, 5) is 24.3. The monoisotopic (exact) mass is 429 g/mol. The zero-order valence-electron chi connectivity index (χ0n) is 16.9. The van der Waals surface area contributed by atoms with Crippen LogP contribution in [0.15, 0.2) is 68.7 Å². The lowest BCUT2D eigenvalue weighted by Crippen LogP contribution is -2.43. The standard InChI is InChI=1S/C22H23NO6S/c1-14(2)12-19(23-30(26,27)18-9-4-15(3)5-10-18)22(25)28-17-8-6-16-7-11-21(24)29-20(16)13-17/h4-11,13-14,19,23H,12H2,1-3H3/t19-/m0/s1. The largest absolute Gasteiger partial charge is 0.425 e. The van der Waals surface area contributed by atoms with Gasteiger partial charge in [-0.2, -0.15) is 4.72 Å². The number of hydrogen-bond donors (Lipinski definition) is 1. The molecule has 0 radical (unpaired) electrons. The average molecular weight is 429 g/mol. The summed E-state index contributed by atoms with van der Waals surface area (Å²) in [7, 11) is -3.91. The number of nitrogens with one attached hydrogen (secondary N) is 1. The van der Waals surface area contributed by atoms with Crippen LogP contribution in [-0.4, -0.2) is 20.4 Å². The van der Waals surface area contributed by atoms with Gasteiger partial charge >= 0.3 is 11.6 Å². The van der Waals surface area contributed by atoms with E-state index in [4.69, 9.17) is 9.15 Å². The molecule has 0 saturated carbocycles. The number of esters is 1. The zero-order chi connectivity index (χ0) is 21.9. The number of hydrogen-bond acceptors (Lipinski definition) is 6. The minimum atomic E-state index is -3.91. The van der Waals surface area contributed by atoms with Crippen LogP contribution < -0.4 is 15.1 Å². The SMILES string of the molecule is Cc1ccc(S(=O)(=O)N[C@@H](CC(C)C)C(=O)Oc2ccc3ccc(=O)oc3c2)cc1. The van der Waals surface area contributed by atoms with Gasteiger partial charge in [0, 0.05) is 17.5 Å². The fraction of sp³-hybridized carbons (Fsp3) is 0.273. The molecule has 7 nitrogen and oxygen atoms in total. The van der Waals surface area contributed by atoms with E-state index in [1.807, 2.05) is 20.8 Å². The van der Waals surface area contributed by atoms with Crippen LogP contribution in [0, 0.1) is 12.8 Å². The molecule has 1 atom stereocenters. The van der Waals surface area contributed by atoms with Crippen LogP contribution in [0.25, 0.3) is 11.0 Å². The van der Waals surface area contributed by atoms with Crippen LogP contribution in [-0.2, 0) is 14.8 Å². The third-order valence-electron chi connectivity index (χ3n) is 4.43. The van der Waals surface area contributed by atoms with Gasteiger partial charge < -0.3 is 9.15 Å². The van der Waals surface area contributed by atoms with Crippen molar-refractivity contribution in [2.24, 2.45) is 5.92 Å². The quantitative estimate of drug-likeness (QED) is 0.351. The molecule has 158 valence electrons. The number of ether oxygens (including phenoxy) is 1. The van der Waals surface area contributed by atoms with Crippen molar-refractivity contribution in [1.29, 1.82) is 0 Å². The van der Waals surface area contributed by atoms with E-state index in [9.17, 15) is 18.0 Å². The molecule has 3 rings (SSSR count). The van der Waals surface area contributed by atoms with Crippen LogP contribution in [0.4, 0.5) is 0 Å². The summed E-state index contributed by atoms with van der Waals surface area (Å²) < 4.78 is 38.4. The Hall–Kier alpha value is -2.97. The van der Waals surface area contributed by atoms with E-state index in [2.05, 4.69) is 4.72 Å². The molecular formula is C22H23NO6S. The minimum absolute atomic E-state index is 0.0397. The fourth-order valence-corrected chi connectivity index (χ4v) is 4.13.